The van der Waals surface area contributed by atoms with Crippen LogP contribution in [0.25, 0.3) is 0 Å². The maximum absolute atomic E-state index is 12.0. The van der Waals surface area contributed by atoms with Crippen LogP contribution in [0.5, 0.6) is 0 Å². The molecule has 0 aromatic rings. The molecule has 2 amide bonds. The summed E-state index contributed by atoms with van der Waals surface area (Å²) in [7, 11) is 1.69. The Kier molecular flexibility index (Phi) is 4.30. The number of halogens is 1. The molecule has 4 nitrogen and oxygen atoms in total. The lowest BCUT2D eigenvalue weighted by atomic mass is 9.75. The molecule has 1 aliphatic heterocycles. The largest absolute Gasteiger partial charge is 0.335 e. The van der Waals surface area contributed by atoms with Crippen LogP contribution in [-0.2, 0) is 9.59 Å². The van der Waals surface area contributed by atoms with Crippen LogP contribution in [0.4, 0.5) is 0 Å². The second-order valence-corrected chi connectivity index (χ2v) is 6.25. The molecule has 0 radical (unpaired) electrons. The zero-order chi connectivity index (χ0) is 13.2. The number of carbonyl (C=O) groups is 2. The Hall–Kier alpha value is -0.580. The Morgan fingerprint density at radius 2 is 1.78 bits per heavy atom. The minimum atomic E-state index is 0.0510. The molecule has 2 fully saturated rings. The van der Waals surface area contributed by atoms with Gasteiger partial charge in [-0.05, 0) is 18.3 Å². The molecule has 2 aliphatic rings. The van der Waals surface area contributed by atoms with Gasteiger partial charge in [0.15, 0.2) is 0 Å². The lowest BCUT2D eigenvalue weighted by molar-refractivity contribution is -0.150. The van der Waals surface area contributed by atoms with E-state index in [-0.39, 0.29) is 30.3 Å². The highest BCUT2D eigenvalue weighted by Gasteiger charge is 2.37. The summed E-state index contributed by atoms with van der Waals surface area (Å²) in [4.78, 5) is 27.0. The molecule has 1 aliphatic carbocycles. The van der Waals surface area contributed by atoms with Gasteiger partial charge in [-0.15, -0.1) is 0 Å². The van der Waals surface area contributed by atoms with Gasteiger partial charge in [-0.1, -0.05) is 35.2 Å². The Balaban J connectivity index is 2.02. The third-order valence-electron chi connectivity index (χ3n) is 4.20. The van der Waals surface area contributed by atoms with Crippen LogP contribution in [0.15, 0.2) is 0 Å². The first-order chi connectivity index (χ1) is 8.56. The molecule has 0 aromatic heterocycles. The molecule has 18 heavy (non-hydrogen) atoms. The second-order valence-electron chi connectivity index (χ2n) is 5.69. The van der Waals surface area contributed by atoms with E-state index in [1.807, 2.05) is 0 Å². The molecule has 1 heterocycles. The predicted molar refractivity (Wildman–Crippen MR) is 73.5 cm³/mol. The third-order valence-corrected chi connectivity index (χ3v) is 5.39. The number of carbonyl (C=O) groups excluding carboxylic acids is 2. The molecular formula is C13H21BrN2O2. The molecule has 0 N–H and O–H groups in total. The average molecular weight is 317 g/mol. The van der Waals surface area contributed by atoms with Crippen molar-refractivity contribution in [2.75, 3.05) is 32.0 Å². The zero-order valence-corrected chi connectivity index (χ0v) is 12.5. The quantitative estimate of drug-likeness (QED) is 0.743. The first kappa shape index (κ1) is 13.8. The smallest absolute Gasteiger partial charge is 0.242 e. The van der Waals surface area contributed by atoms with Crippen LogP contribution in [0, 0.1) is 5.41 Å². The van der Waals surface area contributed by atoms with E-state index in [9.17, 15) is 9.59 Å². The maximum atomic E-state index is 12.0. The van der Waals surface area contributed by atoms with E-state index in [4.69, 9.17) is 0 Å². The summed E-state index contributed by atoms with van der Waals surface area (Å²) in [5.41, 5.74) is 0.185. The number of piperazine rings is 1. The fourth-order valence-electron chi connectivity index (χ4n) is 2.95. The second kappa shape index (κ2) is 5.59. The van der Waals surface area contributed by atoms with E-state index in [0.717, 1.165) is 24.7 Å². The number of rotatable bonds is 3. The highest BCUT2D eigenvalue weighted by atomic mass is 79.9. The molecule has 1 saturated heterocycles. The van der Waals surface area contributed by atoms with E-state index in [1.165, 1.54) is 24.2 Å². The van der Waals surface area contributed by atoms with Gasteiger partial charge < -0.3 is 9.80 Å². The minimum Gasteiger partial charge on any atom is -0.335 e. The number of nitrogens with zero attached hydrogens (tertiary/aromatic N) is 2. The van der Waals surface area contributed by atoms with Crippen molar-refractivity contribution < 1.29 is 9.59 Å². The fraction of sp³-hybridized carbons (Fsp3) is 0.846. The zero-order valence-electron chi connectivity index (χ0n) is 11.0. The summed E-state index contributed by atoms with van der Waals surface area (Å²) in [5, 5.41) is 0.924. The summed E-state index contributed by atoms with van der Waals surface area (Å²) in [6.07, 6.45) is 6.09. The van der Waals surface area contributed by atoms with E-state index in [2.05, 4.69) is 15.9 Å². The van der Waals surface area contributed by atoms with Gasteiger partial charge in [0, 0.05) is 18.9 Å². The highest BCUT2D eigenvalue weighted by molar-refractivity contribution is 9.09. The molecule has 0 atom stereocenters. The van der Waals surface area contributed by atoms with Crippen LogP contribution in [0.3, 0.4) is 0 Å². The lowest BCUT2D eigenvalue weighted by Gasteiger charge is -2.42. The van der Waals surface area contributed by atoms with E-state index in [1.54, 1.807) is 11.9 Å². The summed E-state index contributed by atoms with van der Waals surface area (Å²) in [6.45, 7) is 1.22. The van der Waals surface area contributed by atoms with Gasteiger partial charge in [0.05, 0.1) is 13.1 Å². The van der Waals surface area contributed by atoms with Crippen LogP contribution >= 0.6 is 15.9 Å². The Bertz CT molecular complexity index is 340. The van der Waals surface area contributed by atoms with E-state index >= 15 is 0 Å². The fourth-order valence-corrected chi connectivity index (χ4v) is 3.69. The molecule has 102 valence electrons. The summed E-state index contributed by atoms with van der Waals surface area (Å²) in [6, 6.07) is 0. The monoisotopic (exact) mass is 316 g/mol. The maximum Gasteiger partial charge on any atom is 0.242 e. The van der Waals surface area contributed by atoms with Crippen LogP contribution in [0.1, 0.15) is 32.1 Å². The van der Waals surface area contributed by atoms with Crippen molar-refractivity contribution >= 4 is 27.7 Å². The van der Waals surface area contributed by atoms with Crippen molar-refractivity contribution in [1.82, 2.24) is 9.80 Å². The summed E-state index contributed by atoms with van der Waals surface area (Å²) < 4.78 is 0. The summed E-state index contributed by atoms with van der Waals surface area (Å²) >= 11 is 3.61. The first-order valence-electron chi connectivity index (χ1n) is 6.64. The molecule has 1 saturated carbocycles. The number of amides is 2. The Labute approximate surface area is 117 Å². The van der Waals surface area contributed by atoms with Crippen molar-refractivity contribution in [3.8, 4) is 0 Å². The van der Waals surface area contributed by atoms with Gasteiger partial charge >= 0.3 is 0 Å². The van der Waals surface area contributed by atoms with Gasteiger partial charge in [-0.25, -0.2) is 0 Å². The van der Waals surface area contributed by atoms with Gasteiger partial charge in [0.25, 0.3) is 0 Å². The van der Waals surface area contributed by atoms with Gasteiger partial charge in [0.1, 0.15) is 0 Å². The van der Waals surface area contributed by atoms with Crippen molar-refractivity contribution in [2.45, 2.75) is 32.1 Å². The van der Waals surface area contributed by atoms with Crippen LogP contribution < -0.4 is 0 Å². The van der Waals surface area contributed by atoms with Crippen molar-refractivity contribution in [3.05, 3.63) is 0 Å². The Morgan fingerprint density at radius 3 is 2.39 bits per heavy atom. The van der Waals surface area contributed by atoms with Crippen molar-refractivity contribution in [2.24, 2.45) is 5.41 Å². The van der Waals surface area contributed by atoms with Gasteiger partial charge in [-0.3, -0.25) is 9.59 Å². The van der Waals surface area contributed by atoms with Gasteiger partial charge in [-0.2, -0.15) is 0 Å². The molecule has 2 rings (SSSR count). The molecule has 5 heteroatoms. The molecule has 0 unspecified atom stereocenters. The van der Waals surface area contributed by atoms with Crippen LogP contribution in [0.2, 0.25) is 0 Å². The number of likely N-dealkylation sites (N-methyl/N-ethyl adjacent to an activating group) is 1. The normalized spacial score (nSPS) is 24.6. The SMILES string of the molecule is CN1CC(=O)N(CC2(CBr)CCCCC2)CC1=O. The van der Waals surface area contributed by atoms with E-state index in [0.29, 0.717) is 0 Å². The van der Waals surface area contributed by atoms with Gasteiger partial charge in [0.2, 0.25) is 11.8 Å². The molecule has 0 spiro atoms. The summed E-state index contributed by atoms with van der Waals surface area (Å²) in [5.74, 6) is 0.137. The topological polar surface area (TPSA) is 40.6 Å². The standard InChI is InChI=1S/C13H21BrN2O2/c1-15-7-12(18)16(8-11(15)17)10-13(9-14)5-3-2-4-6-13/h2-10H2,1H3. The highest BCUT2D eigenvalue weighted by Crippen LogP contribution is 2.38. The Morgan fingerprint density at radius 1 is 1.11 bits per heavy atom. The molecule has 0 bridgehead atoms. The predicted octanol–water partition coefficient (Wildman–Crippen LogP) is 1.63. The lowest BCUT2D eigenvalue weighted by Crippen LogP contribution is -2.55. The van der Waals surface area contributed by atoms with Crippen molar-refractivity contribution in [3.63, 3.8) is 0 Å². The average Bonchev–Trinajstić information content (AvgIpc) is 2.37. The molecule has 0 aromatic carbocycles. The molecular weight excluding hydrogens is 296 g/mol. The first-order valence-corrected chi connectivity index (χ1v) is 7.76. The van der Waals surface area contributed by atoms with Crippen molar-refractivity contribution in [1.29, 1.82) is 0 Å². The number of hydrogen-bond donors (Lipinski definition) is 0. The number of hydrogen-bond acceptors (Lipinski definition) is 2. The number of alkyl halides is 1. The minimum absolute atomic E-state index is 0.0510. The van der Waals surface area contributed by atoms with E-state index < -0.39 is 0 Å². The van der Waals surface area contributed by atoms with Crippen LogP contribution in [-0.4, -0.2) is 53.6 Å². The third kappa shape index (κ3) is 2.87.